The summed E-state index contributed by atoms with van der Waals surface area (Å²) >= 11 is 0. The summed E-state index contributed by atoms with van der Waals surface area (Å²) in [5.74, 6) is 1.16. The van der Waals surface area contributed by atoms with Crippen molar-refractivity contribution < 1.29 is 13.2 Å². The van der Waals surface area contributed by atoms with Gasteiger partial charge in [-0.1, -0.05) is 26.7 Å². The maximum absolute atomic E-state index is 12.6. The minimum atomic E-state index is -3.46. The topological polar surface area (TPSA) is 55.4 Å². The Bertz CT molecular complexity index is 598. The van der Waals surface area contributed by atoms with Gasteiger partial charge in [0, 0.05) is 6.04 Å². The summed E-state index contributed by atoms with van der Waals surface area (Å²) in [5, 5.41) is 0. The first-order valence-electron chi connectivity index (χ1n) is 8.20. The van der Waals surface area contributed by atoms with Crippen molar-refractivity contribution in [3.63, 3.8) is 0 Å². The lowest BCUT2D eigenvalue weighted by atomic mass is 9.87. The van der Waals surface area contributed by atoms with Crippen LogP contribution >= 0.6 is 0 Å². The van der Waals surface area contributed by atoms with Crippen LogP contribution in [0.15, 0.2) is 23.1 Å². The second-order valence-electron chi connectivity index (χ2n) is 6.27. The maximum Gasteiger partial charge on any atom is 0.240 e. The molecule has 0 unspecified atom stereocenters. The van der Waals surface area contributed by atoms with Crippen LogP contribution in [0.2, 0.25) is 0 Å². The molecule has 0 aromatic heterocycles. The molecule has 1 aliphatic rings. The van der Waals surface area contributed by atoms with E-state index in [0.717, 1.165) is 37.0 Å². The molecule has 0 heterocycles. The van der Waals surface area contributed by atoms with Crippen molar-refractivity contribution in [3.8, 4) is 5.75 Å². The lowest BCUT2D eigenvalue weighted by Gasteiger charge is -2.29. The van der Waals surface area contributed by atoms with Crippen LogP contribution in [0.1, 0.15) is 51.5 Å². The largest absolute Gasteiger partial charge is 0.493 e. The lowest BCUT2D eigenvalue weighted by molar-refractivity contribution is 0.310. The molecule has 22 heavy (non-hydrogen) atoms. The number of benzene rings is 1. The fourth-order valence-corrected chi connectivity index (χ4v) is 4.39. The van der Waals surface area contributed by atoms with Crippen molar-refractivity contribution in [1.29, 1.82) is 0 Å². The van der Waals surface area contributed by atoms with E-state index in [-0.39, 0.29) is 6.04 Å². The SMILES string of the molecule is CCCOc1ccc(S(=O)(=O)N[C@@H]2CCCC[C@@H]2C)cc1C. The predicted molar refractivity (Wildman–Crippen MR) is 88.7 cm³/mol. The van der Waals surface area contributed by atoms with Gasteiger partial charge in [-0.15, -0.1) is 0 Å². The second-order valence-corrected chi connectivity index (χ2v) is 7.98. The highest BCUT2D eigenvalue weighted by Gasteiger charge is 2.27. The molecule has 1 fully saturated rings. The monoisotopic (exact) mass is 325 g/mol. The van der Waals surface area contributed by atoms with E-state index >= 15 is 0 Å². The van der Waals surface area contributed by atoms with E-state index in [4.69, 9.17) is 4.74 Å². The summed E-state index contributed by atoms with van der Waals surface area (Å²) in [4.78, 5) is 0.326. The highest BCUT2D eigenvalue weighted by atomic mass is 32.2. The zero-order valence-corrected chi connectivity index (χ0v) is 14.6. The molecular formula is C17H27NO3S. The molecule has 1 N–H and O–H groups in total. The average Bonchev–Trinajstić information content (AvgIpc) is 2.48. The molecule has 0 saturated heterocycles. The Morgan fingerprint density at radius 3 is 2.64 bits per heavy atom. The molecule has 1 aliphatic carbocycles. The molecule has 0 spiro atoms. The summed E-state index contributed by atoms with van der Waals surface area (Å²) in [7, 11) is -3.46. The fraction of sp³-hybridized carbons (Fsp3) is 0.647. The summed E-state index contributed by atoms with van der Waals surface area (Å²) in [5.41, 5.74) is 0.855. The summed E-state index contributed by atoms with van der Waals surface area (Å²) in [6, 6.07) is 5.13. The molecule has 0 radical (unpaired) electrons. The normalized spacial score (nSPS) is 22.5. The Morgan fingerprint density at radius 2 is 2.00 bits per heavy atom. The Labute approximate surface area is 134 Å². The number of hydrogen-bond donors (Lipinski definition) is 1. The van der Waals surface area contributed by atoms with Gasteiger partial charge in [0.2, 0.25) is 10.0 Å². The van der Waals surface area contributed by atoms with E-state index in [2.05, 4.69) is 11.6 Å². The van der Waals surface area contributed by atoms with Gasteiger partial charge in [0.25, 0.3) is 0 Å². The smallest absolute Gasteiger partial charge is 0.240 e. The molecule has 4 nitrogen and oxygen atoms in total. The van der Waals surface area contributed by atoms with Gasteiger partial charge in [0.15, 0.2) is 0 Å². The van der Waals surface area contributed by atoms with E-state index in [1.807, 2.05) is 13.8 Å². The molecule has 2 rings (SSSR count). The van der Waals surface area contributed by atoms with Crippen LogP contribution in [-0.4, -0.2) is 21.1 Å². The van der Waals surface area contributed by atoms with Crippen molar-refractivity contribution >= 4 is 10.0 Å². The summed E-state index contributed by atoms with van der Waals surface area (Å²) in [6.07, 6.45) is 5.25. The van der Waals surface area contributed by atoms with Gasteiger partial charge in [0.1, 0.15) is 5.75 Å². The van der Waals surface area contributed by atoms with Crippen LogP contribution < -0.4 is 9.46 Å². The Kier molecular flexibility index (Phi) is 5.87. The van der Waals surface area contributed by atoms with Crippen LogP contribution in [0, 0.1) is 12.8 Å². The van der Waals surface area contributed by atoms with Crippen molar-refractivity contribution in [3.05, 3.63) is 23.8 Å². The van der Waals surface area contributed by atoms with Gasteiger partial charge >= 0.3 is 0 Å². The first kappa shape index (κ1) is 17.3. The number of nitrogens with one attached hydrogen (secondary N) is 1. The molecule has 1 saturated carbocycles. The minimum Gasteiger partial charge on any atom is -0.493 e. The fourth-order valence-electron chi connectivity index (χ4n) is 2.92. The van der Waals surface area contributed by atoms with Gasteiger partial charge < -0.3 is 4.74 Å². The number of aryl methyl sites for hydroxylation is 1. The standard InChI is InChI=1S/C17H27NO3S/c1-4-11-21-17-10-9-15(12-14(17)3)22(19,20)18-16-8-6-5-7-13(16)2/h9-10,12-13,16,18H,4-8,11H2,1-3H3/t13-,16+/m0/s1. The molecular weight excluding hydrogens is 298 g/mol. The first-order valence-corrected chi connectivity index (χ1v) is 9.68. The van der Waals surface area contributed by atoms with Crippen LogP contribution in [0.25, 0.3) is 0 Å². The molecule has 124 valence electrons. The van der Waals surface area contributed by atoms with Crippen molar-refractivity contribution in [1.82, 2.24) is 4.72 Å². The number of rotatable bonds is 6. The quantitative estimate of drug-likeness (QED) is 0.869. The number of ether oxygens (including phenoxy) is 1. The van der Waals surface area contributed by atoms with Gasteiger partial charge in [-0.05, 0) is 55.9 Å². The average molecular weight is 325 g/mol. The van der Waals surface area contributed by atoms with E-state index in [1.165, 1.54) is 6.42 Å². The van der Waals surface area contributed by atoms with Crippen LogP contribution in [0.3, 0.4) is 0 Å². The third kappa shape index (κ3) is 4.23. The van der Waals surface area contributed by atoms with Crippen molar-refractivity contribution in [2.45, 2.75) is 63.8 Å². The molecule has 1 aromatic carbocycles. The van der Waals surface area contributed by atoms with Crippen LogP contribution in [-0.2, 0) is 10.0 Å². The highest BCUT2D eigenvalue weighted by Crippen LogP contribution is 2.26. The zero-order valence-electron chi connectivity index (χ0n) is 13.8. The predicted octanol–water partition coefficient (Wildman–Crippen LogP) is 3.64. The Balaban J connectivity index is 2.13. The lowest BCUT2D eigenvalue weighted by Crippen LogP contribution is -2.40. The molecule has 5 heteroatoms. The Morgan fingerprint density at radius 1 is 1.27 bits per heavy atom. The van der Waals surface area contributed by atoms with E-state index in [1.54, 1.807) is 18.2 Å². The van der Waals surface area contributed by atoms with Gasteiger partial charge in [-0.25, -0.2) is 13.1 Å². The van der Waals surface area contributed by atoms with Crippen molar-refractivity contribution in [2.75, 3.05) is 6.61 Å². The molecule has 0 bridgehead atoms. The number of sulfonamides is 1. The summed E-state index contributed by atoms with van der Waals surface area (Å²) < 4.78 is 33.6. The Hall–Kier alpha value is -1.07. The highest BCUT2D eigenvalue weighted by molar-refractivity contribution is 7.89. The third-order valence-electron chi connectivity index (χ3n) is 4.34. The van der Waals surface area contributed by atoms with E-state index < -0.39 is 10.0 Å². The van der Waals surface area contributed by atoms with E-state index in [0.29, 0.717) is 17.4 Å². The molecule has 1 aromatic rings. The first-order chi connectivity index (χ1) is 10.4. The van der Waals surface area contributed by atoms with Crippen LogP contribution in [0.5, 0.6) is 5.75 Å². The minimum absolute atomic E-state index is 0.0510. The van der Waals surface area contributed by atoms with Crippen molar-refractivity contribution in [2.24, 2.45) is 5.92 Å². The maximum atomic E-state index is 12.6. The molecule has 0 aliphatic heterocycles. The van der Waals surface area contributed by atoms with Gasteiger partial charge in [-0.2, -0.15) is 0 Å². The summed E-state index contributed by atoms with van der Waals surface area (Å²) in [6.45, 7) is 6.70. The van der Waals surface area contributed by atoms with E-state index in [9.17, 15) is 8.42 Å². The molecule has 2 atom stereocenters. The van der Waals surface area contributed by atoms with Gasteiger partial charge in [-0.3, -0.25) is 0 Å². The molecule has 0 amide bonds. The second kappa shape index (κ2) is 7.47. The van der Waals surface area contributed by atoms with Gasteiger partial charge in [0.05, 0.1) is 11.5 Å². The van der Waals surface area contributed by atoms with Crippen LogP contribution in [0.4, 0.5) is 0 Å². The zero-order chi connectivity index (χ0) is 16.2. The third-order valence-corrected chi connectivity index (χ3v) is 5.82. The number of hydrogen-bond acceptors (Lipinski definition) is 3.